The molecule has 7 heteroatoms. The van der Waals surface area contributed by atoms with Gasteiger partial charge in [-0.25, -0.2) is 0 Å². The summed E-state index contributed by atoms with van der Waals surface area (Å²) in [5.41, 5.74) is 2.26. The van der Waals surface area contributed by atoms with Gasteiger partial charge in [-0.1, -0.05) is 23.7 Å². The highest BCUT2D eigenvalue weighted by Gasteiger charge is 2.30. The maximum absolute atomic E-state index is 12.6. The number of nitrogens with one attached hydrogen (secondary N) is 1. The van der Waals surface area contributed by atoms with Crippen molar-refractivity contribution in [3.63, 3.8) is 0 Å². The summed E-state index contributed by atoms with van der Waals surface area (Å²) in [6.07, 6.45) is -3.09. The molecule has 2 aromatic carbocycles. The Morgan fingerprint density at radius 1 is 1.14 bits per heavy atom. The van der Waals surface area contributed by atoms with Gasteiger partial charge in [0, 0.05) is 0 Å². The molecule has 0 amide bonds. The standard InChI is InChI=1S/C14H10ClF3N2O/c15-12-5-4-10(14(16,17)18)7-13(12)20-19-8-9-2-1-3-11(21)6-9/h1-8,20-21H/b19-8-. The van der Waals surface area contributed by atoms with Gasteiger partial charge < -0.3 is 5.11 Å². The Labute approximate surface area is 123 Å². The average molecular weight is 315 g/mol. The summed E-state index contributed by atoms with van der Waals surface area (Å²) in [6.45, 7) is 0. The molecule has 2 rings (SSSR count). The van der Waals surface area contributed by atoms with E-state index in [4.69, 9.17) is 11.6 Å². The summed E-state index contributed by atoms with van der Waals surface area (Å²) >= 11 is 5.81. The van der Waals surface area contributed by atoms with Crippen LogP contribution in [-0.4, -0.2) is 11.3 Å². The third kappa shape index (κ3) is 4.13. The summed E-state index contributed by atoms with van der Waals surface area (Å²) < 4.78 is 37.8. The highest BCUT2D eigenvalue weighted by molar-refractivity contribution is 6.33. The number of rotatable bonds is 3. The topological polar surface area (TPSA) is 44.6 Å². The first kappa shape index (κ1) is 15.2. The van der Waals surface area contributed by atoms with Crippen LogP contribution in [0.3, 0.4) is 0 Å². The maximum atomic E-state index is 12.6. The van der Waals surface area contributed by atoms with E-state index in [1.165, 1.54) is 18.3 Å². The second-order valence-electron chi connectivity index (χ2n) is 4.16. The normalized spacial score (nSPS) is 11.8. The van der Waals surface area contributed by atoms with Crippen molar-refractivity contribution in [3.05, 3.63) is 58.6 Å². The third-order valence-corrected chi connectivity index (χ3v) is 2.89. The first-order chi connectivity index (χ1) is 9.86. The van der Waals surface area contributed by atoms with Gasteiger partial charge in [-0.05, 0) is 35.9 Å². The van der Waals surface area contributed by atoms with Crippen LogP contribution in [0.25, 0.3) is 0 Å². The largest absolute Gasteiger partial charge is 0.508 e. The molecule has 0 aliphatic rings. The summed E-state index contributed by atoms with van der Waals surface area (Å²) in [4.78, 5) is 0. The lowest BCUT2D eigenvalue weighted by Crippen LogP contribution is -2.05. The van der Waals surface area contributed by atoms with Crippen LogP contribution in [0.5, 0.6) is 5.75 Å². The van der Waals surface area contributed by atoms with Crippen molar-refractivity contribution in [2.45, 2.75) is 6.18 Å². The number of benzene rings is 2. The molecular formula is C14H10ClF3N2O. The first-order valence-electron chi connectivity index (χ1n) is 5.81. The Kier molecular flexibility index (Phi) is 4.37. The number of alkyl halides is 3. The van der Waals surface area contributed by atoms with E-state index in [1.807, 2.05) is 0 Å². The van der Waals surface area contributed by atoms with Gasteiger partial charge in [0.2, 0.25) is 0 Å². The minimum absolute atomic E-state index is 0.0443. The Morgan fingerprint density at radius 2 is 1.90 bits per heavy atom. The number of phenolic OH excluding ortho intramolecular Hbond substituents is 1. The minimum atomic E-state index is -4.45. The van der Waals surface area contributed by atoms with Gasteiger partial charge >= 0.3 is 6.18 Å². The molecule has 0 spiro atoms. The predicted molar refractivity (Wildman–Crippen MR) is 75.8 cm³/mol. The van der Waals surface area contributed by atoms with Crippen LogP contribution >= 0.6 is 11.6 Å². The number of phenols is 1. The van der Waals surface area contributed by atoms with E-state index in [-0.39, 0.29) is 16.5 Å². The SMILES string of the molecule is Oc1cccc(/C=N\Nc2cc(C(F)(F)F)ccc2Cl)c1. The zero-order valence-corrected chi connectivity index (χ0v) is 11.3. The number of halogens is 4. The molecule has 2 N–H and O–H groups in total. The molecule has 3 nitrogen and oxygen atoms in total. The molecule has 0 heterocycles. The summed E-state index contributed by atoms with van der Waals surface area (Å²) in [7, 11) is 0. The fourth-order valence-corrected chi connectivity index (χ4v) is 1.73. The van der Waals surface area contributed by atoms with E-state index in [2.05, 4.69) is 10.5 Å². The second kappa shape index (κ2) is 6.05. The van der Waals surface area contributed by atoms with Crippen LogP contribution in [0.2, 0.25) is 5.02 Å². The van der Waals surface area contributed by atoms with Gasteiger partial charge in [0.1, 0.15) is 5.75 Å². The molecule has 0 aliphatic carbocycles. The Hall–Kier alpha value is -2.21. The highest BCUT2D eigenvalue weighted by atomic mass is 35.5. The molecule has 21 heavy (non-hydrogen) atoms. The highest BCUT2D eigenvalue weighted by Crippen LogP contribution is 2.33. The fourth-order valence-electron chi connectivity index (χ4n) is 1.57. The lowest BCUT2D eigenvalue weighted by atomic mass is 10.2. The van der Waals surface area contributed by atoms with Crippen LogP contribution in [0.1, 0.15) is 11.1 Å². The zero-order chi connectivity index (χ0) is 15.5. The molecule has 2 aromatic rings. The molecule has 0 bridgehead atoms. The second-order valence-corrected chi connectivity index (χ2v) is 4.56. The fraction of sp³-hybridized carbons (Fsp3) is 0.0714. The minimum Gasteiger partial charge on any atom is -0.508 e. The molecule has 0 atom stereocenters. The van der Waals surface area contributed by atoms with E-state index in [0.29, 0.717) is 5.56 Å². The third-order valence-electron chi connectivity index (χ3n) is 2.56. The van der Waals surface area contributed by atoms with Crippen molar-refractivity contribution in [1.82, 2.24) is 0 Å². The van der Waals surface area contributed by atoms with Crippen molar-refractivity contribution in [2.75, 3.05) is 5.43 Å². The van der Waals surface area contributed by atoms with Gasteiger partial charge in [-0.15, -0.1) is 0 Å². The summed E-state index contributed by atoms with van der Waals surface area (Å²) in [5, 5.41) is 13.2. The predicted octanol–water partition coefficient (Wildman–Crippen LogP) is 4.51. The van der Waals surface area contributed by atoms with Crippen molar-refractivity contribution >= 4 is 23.5 Å². The van der Waals surface area contributed by atoms with Gasteiger partial charge in [0.25, 0.3) is 0 Å². The molecule has 0 saturated heterocycles. The van der Waals surface area contributed by atoms with E-state index >= 15 is 0 Å². The number of aromatic hydroxyl groups is 1. The summed E-state index contributed by atoms with van der Waals surface area (Å²) in [6, 6.07) is 9.17. The van der Waals surface area contributed by atoms with Gasteiger partial charge in [-0.2, -0.15) is 18.3 Å². The van der Waals surface area contributed by atoms with E-state index < -0.39 is 11.7 Å². The van der Waals surface area contributed by atoms with E-state index in [9.17, 15) is 18.3 Å². The molecule has 0 aliphatic heterocycles. The Balaban J connectivity index is 2.16. The van der Waals surface area contributed by atoms with Crippen LogP contribution in [0, 0.1) is 0 Å². The molecule has 110 valence electrons. The Morgan fingerprint density at radius 3 is 2.57 bits per heavy atom. The van der Waals surface area contributed by atoms with Crippen LogP contribution in [0.4, 0.5) is 18.9 Å². The van der Waals surface area contributed by atoms with Crippen molar-refractivity contribution < 1.29 is 18.3 Å². The van der Waals surface area contributed by atoms with Crippen LogP contribution < -0.4 is 5.43 Å². The number of hydrogen-bond acceptors (Lipinski definition) is 3. The van der Waals surface area contributed by atoms with Crippen molar-refractivity contribution in [3.8, 4) is 5.75 Å². The zero-order valence-electron chi connectivity index (χ0n) is 10.5. The smallest absolute Gasteiger partial charge is 0.416 e. The van der Waals surface area contributed by atoms with Crippen LogP contribution in [0.15, 0.2) is 47.6 Å². The van der Waals surface area contributed by atoms with Gasteiger partial charge in [0.05, 0.1) is 22.5 Å². The first-order valence-corrected chi connectivity index (χ1v) is 6.19. The van der Waals surface area contributed by atoms with E-state index in [0.717, 1.165) is 18.2 Å². The average Bonchev–Trinajstić information content (AvgIpc) is 2.39. The number of anilines is 1. The molecule has 0 unspecified atom stereocenters. The Bertz CT molecular complexity index is 672. The molecule has 0 aromatic heterocycles. The molecule has 0 fully saturated rings. The van der Waals surface area contributed by atoms with Crippen molar-refractivity contribution in [1.29, 1.82) is 0 Å². The van der Waals surface area contributed by atoms with Gasteiger partial charge in [0.15, 0.2) is 0 Å². The molecule has 0 saturated carbocycles. The summed E-state index contributed by atoms with van der Waals surface area (Å²) in [5.74, 6) is 0.0658. The molecule has 0 radical (unpaired) electrons. The lowest BCUT2D eigenvalue weighted by Gasteiger charge is -2.09. The van der Waals surface area contributed by atoms with Crippen LogP contribution in [-0.2, 0) is 6.18 Å². The number of nitrogens with zero attached hydrogens (tertiary/aromatic N) is 1. The van der Waals surface area contributed by atoms with E-state index in [1.54, 1.807) is 12.1 Å². The molecular weight excluding hydrogens is 305 g/mol. The number of hydrazone groups is 1. The van der Waals surface area contributed by atoms with Gasteiger partial charge in [-0.3, -0.25) is 5.43 Å². The monoisotopic (exact) mass is 314 g/mol. The van der Waals surface area contributed by atoms with Crippen molar-refractivity contribution in [2.24, 2.45) is 5.10 Å². The maximum Gasteiger partial charge on any atom is 0.416 e. The quantitative estimate of drug-likeness (QED) is 0.646. The lowest BCUT2D eigenvalue weighted by molar-refractivity contribution is -0.137. The number of hydrogen-bond donors (Lipinski definition) is 2.